The molecule has 0 aliphatic carbocycles. The van der Waals surface area contributed by atoms with E-state index in [1.807, 2.05) is 19.1 Å². The van der Waals surface area contributed by atoms with Crippen LogP contribution in [0, 0.1) is 6.92 Å². The number of amides is 2. The second kappa shape index (κ2) is 8.01. The number of carbonyl (C=O) groups is 2. The van der Waals surface area contributed by atoms with Gasteiger partial charge in [0.1, 0.15) is 17.6 Å². The molecule has 0 saturated carbocycles. The van der Waals surface area contributed by atoms with Crippen LogP contribution in [0.1, 0.15) is 18.0 Å². The van der Waals surface area contributed by atoms with Gasteiger partial charge < -0.3 is 15.4 Å². The lowest BCUT2D eigenvalue weighted by Gasteiger charge is -2.24. The molecule has 3 aromatic rings. The number of anilines is 2. The Kier molecular flexibility index (Phi) is 5.40. The lowest BCUT2D eigenvalue weighted by molar-refractivity contribution is -0.125. The van der Waals surface area contributed by atoms with Crippen LogP contribution in [0.3, 0.4) is 0 Å². The number of rotatable bonds is 4. The predicted octanol–water partition coefficient (Wildman–Crippen LogP) is 4.70. The highest BCUT2D eigenvalue weighted by Gasteiger charge is 2.34. The van der Waals surface area contributed by atoms with Crippen molar-refractivity contribution in [2.75, 3.05) is 17.7 Å². The van der Waals surface area contributed by atoms with Gasteiger partial charge in [-0.2, -0.15) is 5.10 Å². The van der Waals surface area contributed by atoms with Crippen molar-refractivity contribution in [3.8, 4) is 17.0 Å². The smallest absolute Gasteiger partial charge is 0.249 e. The molecule has 7 nitrogen and oxygen atoms in total. The van der Waals surface area contributed by atoms with Gasteiger partial charge in [-0.25, -0.2) is 4.68 Å². The van der Waals surface area contributed by atoms with Crippen molar-refractivity contribution in [1.82, 2.24) is 9.78 Å². The predicted molar refractivity (Wildman–Crippen MR) is 116 cm³/mol. The van der Waals surface area contributed by atoms with Crippen molar-refractivity contribution in [3.05, 3.63) is 58.1 Å². The van der Waals surface area contributed by atoms with Crippen LogP contribution in [0.15, 0.2) is 42.5 Å². The SMILES string of the molecule is COc1ccc(NC(=O)[C@@H]2CC(=O)Nc3c(C)c(-c4cccc(Cl)c4)nn32)cc1Cl. The van der Waals surface area contributed by atoms with Crippen molar-refractivity contribution in [1.29, 1.82) is 0 Å². The van der Waals surface area contributed by atoms with Crippen LogP contribution in [0.25, 0.3) is 11.3 Å². The molecule has 1 aromatic heterocycles. The van der Waals surface area contributed by atoms with Gasteiger partial charge in [0, 0.05) is 21.8 Å². The first-order chi connectivity index (χ1) is 14.4. The third kappa shape index (κ3) is 3.74. The second-order valence-corrected chi connectivity index (χ2v) is 7.73. The summed E-state index contributed by atoms with van der Waals surface area (Å²) in [5.74, 6) is 0.375. The molecule has 0 bridgehead atoms. The fraction of sp³-hybridized carbons (Fsp3) is 0.190. The molecule has 2 N–H and O–H groups in total. The molecular weight excluding hydrogens is 427 g/mol. The quantitative estimate of drug-likeness (QED) is 0.610. The summed E-state index contributed by atoms with van der Waals surface area (Å²) in [4.78, 5) is 25.3. The Morgan fingerprint density at radius 3 is 2.77 bits per heavy atom. The molecule has 1 atom stereocenters. The highest BCUT2D eigenvalue weighted by Crippen LogP contribution is 2.35. The van der Waals surface area contributed by atoms with E-state index in [0.29, 0.717) is 33.0 Å². The number of methoxy groups -OCH3 is 1. The monoisotopic (exact) mass is 444 g/mol. The summed E-state index contributed by atoms with van der Waals surface area (Å²) in [6.07, 6.45) is -0.0289. The molecule has 0 spiro atoms. The minimum Gasteiger partial charge on any atom is -0.495 e. The Labute approximate surface area is 182 Å². The lowest BCUT2D eigenvalue weighted by Crippen LogP contribution is -2.35. The van der Waals surface area contributed by atoms with E-state index in [-0.39, 0.29) is 18.2 Å². The van der Waals surface area contributed by atoms with Gasteiger partial charge in [0.25, 0.3) is 0 Å². The van der Waals surface area contributed by atoms with Crippen molar-refractivity contribution in [3.63, 3.8) is 0 Å². The number of hydrogen-bond donors (Lipinski definition) is 2. The number of fused-ring (bicyclic) bond motifs is 1. The molecule has 9 heteroatoms. The van der Waals surface area contributed by atoms with Crippen LogP contribution in [-0.2, 0) is 9.59 Å². The molecule has 30 heavy (non-hydrogen) atoms. The molecule has 1 aliphatic rings. The van der Waals surface area contributed by atoms with E-state index in [9.17, 15) is 9.59 Å². The van der Waals surface area contributed by atoms with Crippen LogP contribution in [-0.4, -0.2) is 28.7 Å². The first kappa shape index (κ1) is 20.3. The highest BCUT2D eigenvalue weighted by atomic mass is 35.5. The molecule has 2 amide bonds. The zero-order valence-corrected chi connectivity index (χ0v) is 17.7. The van der Waals surface area contributed by atoms with Gasteiger partial charge in [-0.3, -0.25) is 9.59 Å². The summed E-state index contributed by atoms with van der Waals surface area (Å²) in [6, 6.07) is 11.4. The molecular formula is C21H18Cl2N4O3. The minimum atomic E-state index is -0.804. The summed E-state index contributed by atoms with van der Waals surface area (Å²) in [5, 5.41) is 11.2. The highest BCUT2D eigenvalue weighted by molar-refractivity contribution is 6.32. The zero-order chi connectivity index (χ0) is 21.4. The molecule has 1 aliphatic heterocycles. The molecule has 154 valence electrons. The van der Waals surface area contributed by atoms with Crippen molar-refractivity contribution < 1.29 is 14.3 Å². The number of nitrogens with one attached hydrogen (secondary N) is 2. The molecule has 0 saturated heterocycles. The van der Waals surface area contributed by atoms with Crippen LogP contribution in [0.2, 0.25) is 10.0 Å². The van der Waals surface area contributed by atoms with Gasteiger partial charge in [-0.05, 0) is 37.3 Å². The Bertz CT molecular complexity index is 1160. The van der Waals surface area contributed by atoms with Gasteiger partial charge in [0.2, 0.25) is 11.8 Å². The van der Waals surface area contributed by atoms with Gasteiger partial charge in [0.05, 0.1) is 24.2 Å². The third-order valence-corrected chi connectivity index (χ3v) is 5.43. The molecule has 2 heterocycles. The fourth-order valence-electron chi connectivity index (χ4n) is 3.42. The van der Waals surface area contributed by atoms with Gasteiger partial charge in [0.15, 0.2) is 0 Å². The van der Waals surface area contributed by atoms with E-state index < -0.39 is 6.04 Å². The van der Waals surface area contributed by atoms with E-state index in [1.165, 1.54) is 7.11 Å². The molecule has 0 unspecified atom stereocenters. The summed E-state index contributed by atoms with van der Waals surface area (Å²) in [7, 11) is 1.51. The topological polar surface area (TPSA) is 85.2 Å². The zero-order valence-electron chi connectivity index (χ0n) is 16.2. The number of carbonyl (C=O) groups excluding carboxylic acids is 2. The Balaban J connectivity index is 1.68. The van der Waals surface area contributed by atoms with Gasteiger partial charge in [-0.1, -0.05) is 35.3 Å². The second-order valence-electron chi connectivity index (χ2n) is 6.88. The average Bonchev–Trinajstić information content (AvgIpc) is 3.04. The number of hydrogen-bond acceptors (Lipinski definition) is 4. The van der Waals surface area contributed by atoms with Crippen molar-refractivity contribution >= 4 is 46.5 Å². The number of ether oxygens (including phenoxy) is 1. The largest absolute Gasteiger partial charge is 0.495 e. The van der Waals surface area contributed by atoms with E-state index >= 15 is 0 Å². The van der Waals surface area contributed by atoms with Crippen LogP contribution < -0.4 is 15.4 Å². The summed E-state index contributed by atoms with van der Waals surface area (Å²) in [5.41, 5.74) is 2.71. The molecule has 0 radical (unpaired) electrons. The first-order valence-corrected chi connectivity index (χ1v) is 9.92. The van der Waals surface area contributed by atoms with Gasteiger partial charge >= 0.3 is 0 Å². The Hall–Kier alpha value is -3.03. The summed E-state index contributed by atoms with van der Waals surface area (Å²) in [6.45, 7) is 1.85. The maximum absolute atomic E-state index is 13.0. The third-order valence-electron chi connectivity index (χ3n) is 4.90. The molecule has 4 rings (SSSR count). The normalized spacial score (nSPS) is 15.3. The first-order valence-electron chi connectivity index (χ1n) is 9.16. The number of halogens is 2. The van der Waals surface area contributed by atoms with E-state index in [0.717, 1.165) is 11.1 Å². The van der Waals surface area contributed by atoms with Gasteiger partial charge in [-0.15, -0.1) is 0 Å². The van der Waals surface area contributed by atoms with E-state index in [2.05, 4.69) is 15.7 Å². The van der Waals surface area contributed by atoms with Crippen molar-refractivity contribution in [2.45, 2.75) is 19.4 Å². The average molecular weight is 445 g/mol. The lowest BCUT2D eigenvalue weighted by atomic mass is 10.1. The van der Waals surface area contributed by atoms with Crippen LogP contribution in [0.5, 0.6) is 5.75 Å². The standard InChI is InChI=1S/C21H18Cl2N4O3/c1-11-19(12-4-3-5-13(22)8-12)26-27-16(10-18(28)25-20(11)27)21(29)24-14-6-7-17(30-2)15(23)9-14/h3-9,16H,10H2,1-2H3,(H,24,29)(H,25,28)/t16-/m0/s1. The number of nitrogens with zero attached hydrogens (tertiary/aromatic N) is 2. The maximum Gasteiger partial charge on any atom is 0.249 e. The molecule has 0 fully saturated rings. The van der Waals surface area contributed by atoms with Crippen LogP contribution >= 0.6 is 23.2 Å². The Morgan fingerprint density at radius 2 is 2.07 bits per heavy atom. The summed E-state index contributed by atoms with van der Waals surface area (Å²) < 4.78 is 6.68. The number of benzene rings is 2. The molecule has 2 aromatic carbocycles. The van der Waals surface area contributed by atoms with E-state index in [1.54, 1.807) is 35.0 Å². The Morgan fingerprint density at radius 1 is 1.27 bits per heavy atom. The minimum absolute atomic E-state index is 0.0289. The van der Waals surface area contributed by atoms with Crippen molar-refractivity contribution in [2.24, 2.45) is 0 Å². The van der Waals surface area contributed by atoms with Crippen LogP contribution in [0.4, 0.5) is 11.5 Å². The maximum atomic E-state index is 13.0. The number of aromatic nitrogens is 2. The fourth-order valence-corrected chi connectivity index (χ4v) is 3.87. The summed E-state index contributed by atoms with van der Waals surface area (Å²) >= 11 is 12.3. The van der Waals surface area contributed by atoms with E-state index in [4.69, 9.17) is 27.9 Å².